The lowest BCUT2D eigenvalue weighted by atomic mass is 10.1. The van der Waals surface area contributed by atoms with Crippen molar-refractivity contribution < 1.29 is 4.79 Å². The van der Waals surface area contributed by atoms with Crippen LogP contribution in [0.25, 0.3) is 0 Å². The summed E-state index contributed by atoms with van der Waals surface area (Å²) < 4.78 is 0.860. The van der Waals surface area contributed by atoms with Crippen molar-refractivity contribution in [1.82, 2.24) is 5.32 Å². The maximum absolute atomic E-state index is 11.3. The minimum atomic E-state index is -0.405. The molecule has 18 heavy (non-hydrogen) atoms. The molecule has 1 aromatic carbocycles. The second-order valence-electron chi connectivity index (χ2n) is 4.56. The maximum atomic E-state index is 11.3. The van der Waals surface area contributed by atoms with E-state index >= 15 is 0 Å². The van der Waals surface area contributed by atoms with Gasteiger partial charge in [0.1, 0.15) is 0 Å². The lowest BCUT2D eigenvalue weighted by Gasteiger charge is -2.13. The molecule has 4 N–H and O–H groups in total. The summed E-state index contributed by atoms with van der Waals surface area (Å²) >= 11 is 3.34. The molecular formula is C13H18BrN3O. The van der Waals surface area contributed by atoms with Crippen molar-refractivity contribution in [3.63, 3.8) is 0 Å². The van der Waals surface area contributed by atoms with E-state index < -0.39 is 5.91 Å². The summed E-state index contributed by atoms with van der Waals surface area (Å²) in [5.41, 5.74) is 6.71. The fraction of sp³-hybridized carbons (Fsp3) is 0.462. The van der Waals surface area contributed by atoms with Gasteiger partial charge in [-0.05, 0) is 44.0 Å². The second-order valence-corrected chi connectivity index (χ2v) is 5.48. The van der Waals surface area contributed by atoms with Crippen molar-refractivity contribution in [2.75, 3.05) is 18.4 Å². The number of nitrogens with two attached hydrogens (primary N) is 1. The highest BCUT2D eigenvalue weighted by molar-refractivity contribution is 9.10. The fourth-order valence-corrected chi connectivity index (χ4v) is 2.62. The van der Waals surface area contributed by atoms with Crippen molar-refractivity contribution >= 4 is 27.5 Å². The zero-order valence-electron chi connectivity index (χ0n) is 10.2. The number of hydrogen-bond acceptors (Lipinski definition) is 3. The van der Waals surface area contributed by atoms with Crippen LogP contribution in [0.15, 0.2) is 22.7 Å². The molecule has 1 aliphatic heterocycles. The van der Waals surface area contributed by atoms with Gasteiger partial charge in [0.25, 0.3) is 5.91 Å². The third-order valence-corrected chi connectivity index (χ3v) is 3.71. The molecule has 0 aromatic heterocycles. The first-order valence-corrected chi connectivity index (χ1v) is 7.03. The van der Waals surface area contributed by atoms with Crippen LogP contribution in [0.3, 0.4) is 0 Å². The molecule has 0 spiro atoms. The predicted molar refractivity (Wildman–Crippen MR) is 76.8 cm³/mol. The first-order chi connectivity index (χ1) is 8.66. The topological polar surface area (TPSA) is 67.2 Å². The molecule has 1 heterocycles. The van der Waals surface area contributed by atoms with Gasteiger partial charge in [0, 0.05) is 22.7 Å². The van der Waals surface area contributed by atoms with Crippen LogP contribution >= 0.6 is 15.9 Å². The van der Waals surface area contributed by atoms with Gasteiger partial charge in [-0.3, -0.25) is 4.79 Å². The largest absolute Gasteiger partial charge is 0.384 e. The van der Waals surface area contributed by atoms with E-state index in [0.717, 1.165) is 29.7 Å². The van der Waals surface area contributed by atoms with Gasteiger partial charge >= 0.3 is 0 Å². The molecule has 1 fully saturated rings. The number of rotatable bonds is 5. The number of benzene rings is 1. The summed E-state index contributed by atoms with van der Waals surface area (Å²) in [6.45, 7) is 1.97. The molecule has 0 saturated carbocycles. The minimum absolute atomic E-state index is 0.405. The smallest absolute Gasteiger partial charge is 0.250 e. The van der Waals surface area contributed by atoms with Gasteiger partial charge in [-0.2, -0.15) is 0 Å². The second kappa shape index (κ2) is 6.20. The normalized spacial score (nSPS) is 18.8. The number of amides is 1. The molecule has 0 bridgehead atoms. The van der Waals surface area contributed by atoms with Crippen LogP contribution in [0.2, 0.25) is 0 Å². The Morgan fingerprint density at radius 3 is 3.06 bits per heavy atom. The zero-order chi connectivity index (χ0) is 13.0. The average Bonchev–Trinajstić information content (AvgIpc) is 2.84. The predicted octanol–water partition coefficient (Wildman–Crippen LogP) is 2.10. The lowest BCUT2D eigenvalue weighted by Crippen LogP contribution is -2.24. The Morgan fingerprint density at radius 1 is 1.56 bits per heavy atom. The van der Waals surface area contributed by atoms with Crippen LogP contribution < -0.4 is 16.4 Å². The van der Waals surface area contributed by atoms with E-state index in [4.69, 9.17) is 5.73 Å². The van der Waals surface area contributed by atoms with E-state index in [1.807, 2.05) is 12.1 Å². The van der Waals surface area contributed by atoms with Gasteiger partial charge in [-0.25, -0.2) is 0 Å². The summed E-state index contributed by atoms with van der Waals surface area (Å²) in [6, 6.07) is 6.14. The number of carbonyl (C=O) groups is 1. The Balaban J connectivity index is 1.93. The van der Waals surface area contributed by atoms with Gasteiger partial charge in [-0.1, -0.05) is 15.9 Å². The van der Waals surface area contributed by atoms with Gasteiger partial charge < -0.3 is 16.4 Å². The summed E-state index contributed by atoms with van der Waals surface area (Å²) in [5.74, 6) is -0.405. The van der Waals surface area contributed by atoms with E-state index in [-0.39, 0.29) is 0 Å². The molecular weight excluding hydrogens is 294 g/mol. The third kappa shape index (κ3) is 3.46. The fourth-order valence-electron chi connectivity index (χ4n) is 2.26. The maximum Gasteiger partial charge on any atom is 0.250 e. The molecule has 0 unspecified atom stereocenters. The summed E-state index contributed by atoms with van der Waals surface area (Å²) in [5, 5.41) is 6.74. The third-order valence-electron chi connectivity index (χ3n) is 3.22. The van der Waals surface area contributed by atoms with Crippen LogP contribution in [0.5, 0.6) is 0 Å². The number of carbonyl (C=O) groups excluding carboxylic acids is 1. The summed E-state index contributed by atoms with van der Waals surface area (Å²) in [6.07, 6.45) is 3.56. The first-order valence-electron chi connectivity index (χ1n) is 6.23. The highest BCUT2D eigenvalue weighted by Crippen LogP contribution is 2.21. The van der Waals surface area contributed by atoms with Gasteiger partial charge in [0.2, 0.25) is 0 Å². The molecule has 2 rings (SSSR count). The lowest BCUT2D eigenvalue weighted by molar-refractivity contribution is 0.100. The molecule has 0 radical (unpaired) electrons. The number of anilines is 1. The van der Waals surface area contributed by atoms with E-state index in [9.17, 15) is 4.79 Å². The van der Waals surface area contributed by atoms with Crippen LogP contribution in [-0.4, -0.2) is 25.0 Å². The Bertz CT molecular complexity index is 430. The molecule has 98 valence electrons. The number of nitrogens with one attached hydrogen (secondary N) is 2. The Kier molecular flexibility index (Phi) is 4.60. The molecule has 1 aliphatic rings. The Hall–Kier alpha value is -1.07. The zero-order valence-corrected chi connectivity index (χ0v) is 11.8. The SMILES string of the molecule is NC(=O)c1cc(Br)ccc1NCC[C@H]1CCCN1. The summed E-state index contributed by atoms with van der Waals surface area (Å²) in [7, 11) is 0. The Labute approximate surface area is 115 Å². The van der Waals surface area contributed by atoms with E-state index in [1.165, 1.54) is 12.8 Å². The number of halogens is 1. The highest BCUT2D eigenvalue weighted by atomic mass is 79.9. The standard InChI is InChI=1S/C13H18BrN3O/c14-9-3-4-12(11(8-9)13(15)18)17-7-5-10-2-1-6-16-10/h3-4,8,10,16-17H,1-2,5-7H2,(H2,15,18)/t10-/m1/s1. The van der Waals surface area contributed by atoms with Crippen molar-refractivity contribution in [3.05, 3.63) is 28.2 Å². The quantitative estimate of drug-likeness (QED) is 0.780. The van der Waals surface area contributed by atoms with Crippen molar-refractivity contribution in [1.29, 1.82) is 0 Å². The van der Waals surface area contributed by atoms with Crippen molar-refractivity contribution in [3.8, 4) is 0 Å². The molecule has 0 aliphatic carbocycles. The molecule has 1 aromatic rings. The number of primary amides is 1. The van der Waals surface area contributed by atoms with Crippen LogP contribution in [0, 0.1) is 0 Å². The molecule has 1 amide bonds. The van der Waals surface area contributed by atoms with Crippen LogP contribution in [0.4, 0.5) is 5.69 Å². The molecule has 4 nitrogen and oxygen atoms in total. The molecule has 5 heteroatoms. The van der Waals surface area contributed by atoms with Crippen LogP contribution in [0.1, 0.15) is 29.6 Å². The van der Waals surface area contributed by atoms with Gasteiger partial charge in [0.05, 0.1) is 5.56 Å². The van der Waals surface area contributed by atoms with Gasteiger partial charge in [0.15, 0.2) is 0 Å². The average molecular weight is 312 g/mol. The highest BCUT2D eigenvalue weighted by Gasteiger charge is 2.14. The van der Waals surface area contributed by atoms with Crippen molar-refractivity contribution in [2.45, 2.75) is 25.3 Å². The van der Waals surface area contributed by atoms with Gasteiger partial charge in [-0.15, -0.1) is 0 Å². The summed E-state index contributed by atoms with van der Waals surface area (Å²) in [4.78, 5) is 11.3. The number of hydrogen-bond donors (Lipinski definition) is 3. The minimum Gasteiger partial charge on any atom is -0.384 e. The molecule has 1 saturated heterocycles. The first kappa shape index (κ1) is 13.4. The monoisotopic (exact) mass is 311 g/mol. The van der Waals surface area contributed by atoms with E-state index in [0.29, 0.717) is 11.6 Å². The van der Waals surface area contributed by atoms with E-state index in [2.05, 4.69) is 26.6 Å². The molecule has 1 atom stereocenters. The van der Waals surface area contributed by atoms with Crippen molar-refractivity contribution in [2.24, 2.45) is 5.73 Å². The Morgan fingerprint density at radius 2 is 2.39 bits per heavy atom. The van der Waals surface area contributed by atoms with E-state index in [1.54, 1.807) is 6.07 Å². The van der Waals surface area contributed by atoms with Crippen LogP contribution in [-0.2, 0) is 0 Å².